The van der Waals surface area contributed by atoms with Gasteiger partial charge in [-0.05, 0) is 46.3 Å². The summed E-state index contributed by atoms with van der Waals surface area (Å²) in [4.78, 5) is 0.379. The molecule has 0 nitrogen and oxygen atoms in total. The monoisotopic (exact) mass is 354 g/mol. The van der Waals surface area contributed by atoms with E-state index in [0.717, 1.165) is 24.8 Å². The Morgan fingerprint density at radius 3 is 2.67 bits per heavy atom. The molecule has 2 rings (SSSR count). The summed E-state index contributed by atoms with van der Waals surface area (Å²) in [5.41, 5.74) is 0.738. The predicted octanol–water partition coefficient (Wildman–Crippen LogP) is 5.27. The highest BCUT2D eigenvalue weighted by atomic mass is 79.9. The molecule has 0 amide bonds. The van der Waals surface area contributed by atoms with Crippen LogP contribution in [0.4, 0.5) is 4.39 Å². The summed E-state index contributed by atoms with van der Waals surface area (Å²) in [7, 11) is 0. The summed E-state index contributed by atoms with van der Waals surface area (Å²) in [6.45, 7) is 0. The molecule has 4 heteroatoms. The molecule has 1 aromatic rings. The molecule has 15 heavy (non-hydrogen) atoms. The molecule has 82 valence electrons. The van der Waals surface area contributed by atoms with Crippen LogP contribution in [-0.2, 0) is 0 Å². The molecule has 0 saturated heterocycles. The highest BCUT2D eigenvalue weighted by Gasteiger charge is 2.29. The molecule has 1 saturated carbocycles. The van der Waals surface area contributed by atoms with Crippen molar-refractivity contribution >= 4 is 43.5 Å². The first-order valence-corrected chi connectivity index (χ1v) is 6.97. The normalized spacial score (nSPS) is 25.9. The zero-order valence-corrected chi connectivity index (χ0v) is 11.9. The van der Waals surface area contributed by atoms with Gasteiger partial charge in [-0.1, -0.05) is 40.0 Å². The second-order valence-electron chi connectivity index (χ2n) is 3.82. The van der Waals surface area contributed by atoms with Gasteiger partial charge in [-0.2, -0.15) is 0 Å². The summed E-state index contributed by atoms with van der Waals surface area (Å²) in [6.07, 6.45) is 3.29. The van der Waals surface area contributed by atoms with Crippen LogP contribution in [0.1, 0.15) is 30.7 Å². The van der Waals surface area contributed by atoms with Gasteiger partial charge in [-0.15, -0.1) is 0 Å². The first-order valence-electron chi connectivity index (χ1n) is 4.88. The van der Waals surface area contributed by atoms with E-state index in [1.165, 1.54) is 0 Å². The van der Waals surface area contributed by atoms with E-state index in [9.17, 15) is 4.39 Å². The molecular weight excluding hydrogens is 346 g/mol. The molecule has 1 aliphatic rings. The summed E-state index contributed by atoms with van der Waals surface area (Å²) in [6, 6.07) is 3.65. The minimum Gasteiger partial charge on any atom is -0.205 e. The Labute approximate surface area is 110 Å². The third kappa shape index (κ3) is 2.25. The molecule has 1 fully saturated rings. The SMILES string of the molecule is Fc1c(C2CCCC2Br)ccc(Br)c1Cl. The Kier molecular flexibility index (Phi) is 3.74. The van der Waals surface area contributed by atoms with E-state index in [-0.39, 0.29) is 16.8 Å². The first-order chi connectivity index (χ1) is 7.11. The lowest BCUT2D eigenvalue weighted by Crippen LogP contribution is -2.07. The Balaban J connectivity index is 2.40. The molecule has 0 bridgehead atoms. The number of alkyl halides is 1. The molecule has 0 heterocycles. The standard InChI is InChI=1S/C11H10Br2ClF/c12-8-3-1-2-6(8)7-4-5-9(13)10(14)11(7)15/h4-6,8H,1-3H2. The van der Waals surface area contributed by atoms with Crippen LogP contribution in [-0.4, -0.2) is 4.83 Å². The van der Waals surface area contributed by atoms with Gasteiger partial charge >= 0.3 is 0 Å². The van der Waals surface area contributed by atoms with Crippen LogP contribution in [0.3, 0.4) is 0 Å². The van der Waals surface area contributed by atoms with Crippen LogP contribution in [0, 0.1) is 5.82 Å². The van der Waals surface area contributed by atoms with E-state index >= 15 is 0 Å². The van der Waals surface area contributed by atoms with E-state index in [0.29, 0.717) is 9.30 Å². The Morgan fingerprint density at radius 2 is 2.07 bits per heavy atom. The fourth-order valence-corrected chi connectivity index (χ4v) is 3.44. The molecule has 0 aromatic heterocycles. The van der Waals surface area contributed by atoms with Gasteiger partial charge in [0, 0.05) is 9.30 Å². The van der Waals surface area contributed by atoms with Crippen LogP contribution in [0.15, 0.2) is 16.6 Å². The Bertz CT molecular complexity index is 381. The molecule has 1 aliphatic carbocycles. The first kappa shape index (κ1) is 11.9. The number of hydrogen-bond acceptors (Lipinski definition) is 0. The van der Waals surface area contributed by atoms with E-state index in [2.05, 4.69) is 31.9 Å². The zero-order valence-electron chi connectivity index (χ0n) is 7.94. The maximum absolute atomic E-state index is 13.9. The van der Waals surface area contributed by atoms with Gasteiger partial charge in [0.25, 0.3) is 0 Å². The highest BCUT2D eigenvalue weighted by Crippen LogP contribution is 2.42. The van der Waals surface area contributed by atoms with E-state index < -0.39 is 0 Å². The smallest absolute Gasteiger partial charge is 0.146 e. The number of rotatable bonds is 1. The topological polar surface area (TPSA) is 0 Å². The van der Waals surface area contributed by atoms with Crippen LogP contribution in [0.25, 0.3) is 0 Å². The Hall–Kier alpha value is 0.400. The van der Waals surface area contributed by atoms with Crippen molar-refractivity contribution in [2.24, 2.45) is 0 Å². The van der Waals surface area contributed by atoms with Crippen molar-refractivity contribution in [2.75, 3.05) is 0 Å². The minimum atomic E-state index is -0.276. The van der Waals surface area contributed by atoms with Crippen molar-refractivity contribution in [2.45, 2.75) is 30.0 Å². The average molecular weight is 356 g/mol. The second-order valence-corrected chi connectivity index (χ2v) is 6.23. The van der Waals surface area contributed by atoms with Crippen molar-refractivity contribution in [3.05, 3.63) is 33.0 Å². The quantitative estimate of drug-likeness (QED) is 0.475. The van der Waals surface area contributed by atoms with Gasteiger partial charge in [-0.25, -0.2) is 4.39 Å². The van der Waals surface area contributed by atoms with Gasteiger partial charge in [0.2, 0.25) is 0 Å². The van der Waals surface area contributed by atoms with E-state index in [4.69, 9.17) is 11.6 Å². The van der Waals surface area contributed by atoms with Gasteiger partial charge < -0.3 is 0 Å². The average Bonchev–Trinajstić information content (AvgIpc) is 2.62. The lowest BCUT2D eigenvalue weighted by atomic mass is 9.97. The maximum Gasteiger partial charge on any atom is 0.146 e. The van der Waals surface area contributed by atoms with Crippen LogP contribution in [0.5, 0.6) is 0 Å². The summed E-state index contributed by atoms with van der Waals surface area (Å²) in [5, 5.41) is 0.194. The van der Waals surface area contributed by atoms with Gasteiger partial charge in [0.05, 0.1) is 5.02 Å². The lowest BCUT2D eigenvalue weighted by molar-refractivity contribution is 0.584. The fourth-order valence-electron chi connectivity index (χ4n) is 2.09. The summed E-state index contributed by atoms with van der Waals surface area (Å²) in [5.74, 6) is -0.0157. The largest absolute Gasteiger partial charge is 0.205 e. The molecular formula is C11H10Br2ClF. The van der Waals surface area contributed by atoms with Gasteiger partial charge in [0.15, 0.2) is 0 Å². The highest BCUT2D eigenvalue weighted by molar-refractivity contribution is 9.10. The third-order valence-corrected chi connectivity index (χ3v) is 5.25. The maximum atomic E-state index is 13.9. The van der Waals surface area contributed by atoms with Crippen LogP contribution < -0.4 is 0 Å². The van der Waals surface area contributed by atoms with Crippen molar-refractivity contribution in [3.63, 3.8) is 0 Å². The number of halogens is 4. The van der Waals surface area contributed by atoms with E-state index in [1.807, 2.05) is 12.1 Å². The fraction of sp³-hybridized carbons (Fsp3) is 0.455. The van der Waals surface area contributed by atoms with E-state index in [1.54, 1.807) is 0 Å². The summed E-state index contributed by atoms with van der Waals surface area (Å²) < 4.78 is 14.5. The molecule has 0 spiro atoms. The molecule has 0 radical (unpaired) electrons. The third-order valence-electron chi connectivity index (χ3n) is 2.90. The summed E-state index contributed by atoms with van der Waals surface area (Å²) >= 11 is 12.7. The molecule has 2 unspecified atom stereocenters. The lowest BCUT2D eigenvalue weighted by Gasteiger charge is -2.16. The van der Waals surface area contributed by atoms with Crippen molar-refractivity contribution in [1.82, 2.24) is 0 Å². The number of hydrogen-bond donors (Lipinski definition) is 0. The Morgan fingerprint density at radius 1 is 1.33 bits per heavy atom. The number of benzene rings is 1. The van der Waals surface area contributed by atoms with Crippen molar-refractivity contribution in [3.8, 4) is 0 Å². The second kappa shape index (κ2) is 4.72. The van der Waals surface area contributed by atoms with Gasteiger partial charge in [0.1, 0.15) is 5.82 Å². The molecule has 1 aromatic carbocycles. The zero-order chi connectivity index (χ0) is 11.0. The van der Waals surface area contributed by atoms with Crippen molar-refractivity contribution in [1.29, 1.82) is 0 Å². The van der Waals surface area contributed by atoms with Crippen LogP contribution in [0.2, 0.25) is 5.02 Å². The van der Waals surface area contributed by atoms with Crippen molar-refractivity contribution < 1.29 is 4.39 Å². The molecule has 2 atom stereocenters. The molecule has 0 aliphatic heterocycles. The van der Waals surface area contributed by atoms with Crippen LogP contribution >= 0.6 is 43.5 Å². The molecule has 0 N–H and O–H groups in total. The minimum absolute atomic E-state index is 0.194. The van der Waals surface area contributed by atoms with Gasteiger partial charge in [-0.3, -0.25) is 0 Å². The predicted molar refractivity (Wildman–Crippen MR) is 68.4 cm³/mol.